The number of rotatable bonds is 1. The molecule has 0 bridgehead atoms. The van der Waals surface area contributed by atoms with Crippen molar-refractivity contribution in [1.82, 2.24) is 0 Å². The van der Waals surface area contributed by atoms with Crippen molar-refractivity contribution < 1.29 is 4.74 Å². The first kappa shape index (κ1) is 5.63. The average molecular weight is 113 g/mol. The Labute approximate surface area is 49.3 Å². The van der Waals surface area contributed by atoms with Crippen LogP contribution in [0.2, 0.25) is 0 Å². The first-order chi connectivity index (χ1) is 3.84. The molecule has 1 heterocycles. The van der Waals surface area contributed by atoms with Crippen molar-refractivity contribution in [2.45, 2.75) is 13.0 Å². The van der Waals surface area contributed by atoms with E-state index in [1.807, 2.05) is 6.08 Å². The summed E-state index contributed by atoms with van der Waals surface area (Å²) in [6.45, 7) is 2.72. The Balaban J connectivity index is 2.38. The lowest BCUT2D eigenvalue weighted by Crippen LogP contribution is -2.24. The van der Waals surface area contributed by atoms with Crippen molar-refractivity contribution in [3.63, 3.8) is 0 Å². The predicted molar refractivity (Wildman–Crippen MR) is 32.2 cm³/mol. The Morgan fingerprint density at radius 1 is 1.75 bits per heavy atom. The van der Waals surface area contributed by atoms with Gasteiger partial charge in [-0.25, -0.2) is 0 Å². The van der Waals surface area contributed by atoms with Crippen LogP contribution in [0.5, 0.6) is 0 Å². The van der Waals surface area contributed by atoms with E-state index in [0.29, 0.717) is 12.5 Å². The smallest absolute Gasteiger partial charge is 0.116 e. The standard InChI is InChI=1S/C6H11NO/c1-5-2-3-8-6(5)4-7/h2-3,5-6H,4,7H2,1H3. The zero-order chi connectivity index (χ0) is 5.98. The molecule has 0 saturated heterocycles. The number of hydrogen-bond acceptors (Lipinski definition) is 2. The van der Waals surface area contributed by atoms with Gasteiger partial charge in [0.2, 0.25) is 0 Å². The number of ether oxygens (including phenoxy) is 1. The highest BCUT2D eigenvalue weighted by Crippen LogP contribution is 2.14. The second-order valence-electron chi connectivity index (χ2n) is 2.10. The van der Waals surface area contributed by atoms with Gasteiger partial charge in [-0.05, 0) is 6.08 Å². The molecular weight excluding hydrogens is 102 g/mol. The van der Waals surface area contributed by atoms with E-state index in [1.54, 1.807) is 6.26 Å². The largest absolute Gasteiger partial charge is 0.496 e. The van der Waals surface area contributed by atoms with E-state index in [2.05, 4.69) is 6.92 Å². The van der Waals surface area contributed by atoms with Crippen LogP contribution in [0.1, 0.15) is 6.92 Å². The van der Waals surface area contributed by atoms with Gasteiger partial charge in [0, 0.05) is 12.5 Å². The van der Waals surface area contributed by atoms with Crippen LogP contribution >= 0.6 is 0 Å². The van der Waals surface area contributed by atoms with Crippen LogP contribution in [0.3, 0.4) is 0 Å². The molecule has 2 nitrogen and oxygen atoms in total. The molecule has 0 spiro atoms. The summed E-state index contributed by atoms with van der Waals surface area (Å²) in [5, 5.41) is 0. The van der Waals surface area contributed by atoms with Crippen LogP contribution in [-0.2, 0) is 4.74 Å². The first-order valence-electron chi connectivity index (χ1n) is 2.87. The van der Waals surface area contributed by atoms with Gasteiger partial charge < -0.3 is 10.5 Å². The number of nitrogens with two attached hydrogens (primary N) is 1. The van der Waals surface area contributed by atoms with Gasteiger partial charge in [-0.1, -0.05) is 6.92 Å². The SMILES string of the molecule is CC1C=COC1CN. The van der Waals surface area contributed by atoms with Crippen molar-refractivity contribution in [2.24, 2.45) is 11.7 Å². The topological polar surface area (TPSA) is 35.2 Å². The van der Waals surface area contributed by atoms with Gasteiger partial charge in [0.1, 0.15) is 6.10 Å². The molecule has 1 rings (SSSR count). The number of hydrogen-bond donors (Lipinski definition) is 1. The fourth-order valence-electron chi connectivity index (χ4n) is 0.788. The van der Waals surface area contributed by atoms with E-state index in [-0.39, 0.29) is 6.10 Å². The van der Waals surface area contributed by atoms with Gasteiger partial charge in [0.05, 0.1) is 6.26 Å². The molecule has 0 fully saturated rings. The summed E-state index contributed by atoms with van der Waals surface area (Å²) in [5.74, 6) is 0.500. The van der Waals surface area contributed by atoms with Crippen LogP contribution in [-0.4, -0.2) is 12.6 Å². The molecule has 0 aliphatic carbocycles. The van der Waals surface area contributed by atoms with Gasteiger partial charge in [-0.2, -0.15) is 0 Å². The summed E-state index contributed by atoms with van der Waals surface area (Å²) >= 11 is 0. The first-order valence-corrected chi connectivity index (χ1v) is 2.87. The lowest BCUT2D eigenvalue weighted by Gasteiger charge is -2.10. The van der Waals surface area contributed by atoms with Crippen molar-refractivity contribution in [2.75, 3.05) is 6.54 Å². The summed E-state index contributed by atoms with van der Waals surface area (Å²) in [5.41, 5.74) is 5.36. The van der Waals surface area contributed by atoms with Gasteiger partial charge >= 0.3 is 0 Å². The van der Waals surface area contributed by atoms with E-state index >= 15 is 0 Å². The van der Waals surface area contributed by atoms with Gasteiger partial charge in [0.25, 0.3) is 0 Å². The monoisotopic (exact) mass is 113 g/mol. The summed E-state index contributed by atoms with van der Waals surface area (Å²) in [4.78, 5) is 0. The third-order valence-electron chi connectivity index (χ3n) is 1.45. The molecule has 1 aliphatic heterocycles. The lowest BCUT2D eigenvalue weighted by atomic mass is 10.1. The third kappa shape index (κ3) is 0.842. The van der Waals surface area contributed by atoms with Gasteiger partial charge in [0.15, 0.2) is 0 Å². The highest BCUT2D eigenvalue weighted by atomic mass is 16.5. The average Bonchev–Trinajstić information content (AvgIpc) is 2.14. The molecule has 0 aromatic carbocycles. The van der Waals surface area contributed by atoms with Crippen LogP contribution in [0, 0.1) is 5.92 Å². The van der Waals surface area contributed by atoms with Crippen molar-refractivity contribution in [3.05, 3.63) is 12.3 Å². The minimum Gasteiger partial charge on any atom is -0.496 e. The molecule has 0 radical (unpaired) electrons. The van der Waals surface area contributed by atoms with Gasteiger partial charge in [-0.15, -0.1) is 0 Å². The van der Waals surface area contributed by atoms with E-state index < -0.39 is 0 Å². The molecule has 2 heteroatoms. The summed E-state index contributed by atoms with van der Waals surface area (Å²) < 4.78 is 5.11. The molecule has 2 unspecified atom stereocenters. The Morgan fingerprint density at radius 3 is 2.75 bits per heavy atom. The third-order valence-corrected chi connectivity index (χ3v) is 1.45. The highest BCUT2D eigenvalue weighted by Gasteiger charge is 2.17. The summed E-state index contributed by atoms with van der Waals surface area (Å²) in [6.07, 6.45) is 3.98. The molecule has 2 N–H and O–H groups in total. The Morgan fingerprint density at radius 2 is 2.50 bits per heavy atom. The predicted octanol–water partition coefficient (Wildman–Crippen LogP) is 0.494. The molecule has 2 atom stereocenters. The van der Waals surface area contributed by atoms with E-state index in [0.717, 1.165) is 0 Å². The Kier molecular flexibility index (Phi) is 1.53. The lowest BCUT2D eigenvalue weighted by molar-refractivity contribution is 0.148. The zero-order valence-electron chi connectivity index (χ0n) is 5.00. The molecule has 8 heavy (non-hydrogen) atoms. The van der Waals surface area contributed by atoms with Crippen LogP contribution in [0.15, 0.2) is 12.3 Å². The highest BCUT2D eigenvalue weighted by molar-refractivity contribution is 4.93. The maximum atomic E-state index is 5.36. The fraction of sp³-hybridized carbons (Fsp3) is 0.667. The zero-order valence-corrected chi connectivity index (χ0v) is 5.00. The normalized spacial score (nSPS) is 35.2. The maximum absolute atomic E-state index is 5.36. The second-order valence-corrected chi connectivity index (χ2v) is 2.10. The molecule has 0 aromatic heterocycles. The van der Waals surface area contributed by atoms with Crippen molar-refractivity contribution in [1.29, 1.82) is 0 Å². The minimum absolute atomic E-state index is 0.231. The molecule has 0 aromatic rings. The van der Waals surface area contributed by atoms with Crippen molar-refractivity contribution >= 4 is 0 Å². The van der Waals surface area contributed by atoms with E-state index in [4.69, 9.17) is 10.5 Å². The molecule has 46 valence electrons. The van der Waals surface area contributed by atoms with Crippen molar-refractivity contribution in [3.8, 4) is 0 Å². The summed E-state index contributed by atoms with van der Waals surface area (Å²) in [7, 11) is 0. The quantitative estimate of drug-likeness (QED) is 0.537. The van der Waals surface area contributed by atoms with E-state index in [1.165, 1.54) is 0 Å². The molecular formula is C6H11NO. The van der Waals surface area contributed by atoms with Crippen LogP contribution in [0.25, 0.3) is 0 Å². The Hall–Kier alpha value is -0.500. The molecule has 1 aliphatic rings. The maximum Gasteiger partial charge on any atom is 0.116 e. The van der Waals surface area contributed by atoms with E-state index in [9.17, 15) is 0 Å². The molecule has 0 amide bonds. The second kappa shape index (κ2) is 2.18. The fourth-order valence-corrected chi connectivity index (χ4v) is 0.788. The summed E-state index contributed by atoms with van der Waals surface area (Å²) in [6, 6.07) is 0. The minimum atomic E-state index is 0.231. The Bertz CT molecular complexity index is 101. The van der Waals surface area contributed by atoms with Crippen LogP contribution < -0.4 is 5.73 Å². The van der Waals surface area contributed by atoms with Crippen LogP contribution in [0.4, 0.5) is 0 Å². The molecule has 0 saturated carbocycles. The van der Waals surface area contributed by atoms with Gasteiger partial charge in [-0.3, -0.25) is 0 Å².